The van der Waals surface area contributed by atoms with Gasteiger partial charge in [0.05, 0.1) is 10.9 Å². The number of carbonyl (C=O) groups excluding carboxylic acids is 1. The standard InChI is InChI=1S/C17H18ClFN4O/c1-11-4-5-15(20-8-11)22-17(24)12-3-2-6-23(10-12)16-14(19)7-13(18)9-21-16/h4-5,7-9,12H,2-3,6,10H2,1H3,(H,20,22,24). The first kappa shape index (κ1) is 16.6. The van der Waals surface area contributed by atoms with Crippen LogP contribution in [0.1, 0.15) is 18.4 Å². The number of rotatable bonds is 3. The lowest BCUT2D eigenvalue weighted by molar-refractivity contribution is -0.120. The number of aryl methyl sites for hydroxylation is 1. The molecule has 0 aromatic carbocycles. The van der Waals surface area contributed by atoms with Crippen molar-refractivity contribution >= 4 is 29.1 Å². The quantitative estimate of drug-likeness (QED) is 0.923. The molecule has 5 nitrogen and oxygen atoms in total. The topological polar surface area (TPSA) is 58.1 Å². The second-order valence-electron chi connectivity index (χ2n) is 5.95. The molecule has 1 saturated heterocycles. The third-order valence-electron chi connectivity index (χ3n) is 4.04. The molecule has 2 aromatic heterocycles. The van der Waals surface area contributed by atoms with Gasteiger partial charge in [0.2, 0.25) is 5.91 Å². The van der Waals surface area contributed by atoms with E-state index in [1.54, 1.807) is 17.2 Å². The van der Waals surface area contributed by atoms with Gasteiger partial charge in [-0.15, -0.1) is 0 Å². The number of amides is 1. The van der Waals surface area contributed by atoms with Crippen LogP contribution in [0.15, 0.2) is 30.6 Å². The summed E-state index contributed by atoms with van der Waals surface area (Å²) in [5.41, 5.74) is 1.03. The Morgan fingerprint density at radius 2 is 2.21 bits per heavy atom. The molecule has 3 heterocycles. The fourth-order valence-corrected chi connectivity index (χ4v) is 2.94. The molecule has 0 saturated carbocycles. The van der Waals surface area contributed by atoms with Crippen LogP contribution in [-0.4, -0.2) is 29.0 Å². The summed E-state index contributed by atoms with van der Waals surface area (Å²) in [6, 6.07) is 4.90. The normalized spacial score (nSPS) is 17.6. The van der Waals surface area contributed by atoms with Gasteiger partial charge in [-0.2, -0.15) is 0 Å². The number of nitrogens with zero attached hydrogens (tertiary/aromatic N) is 3. The number of anilines is 2. The van der Waals surface area contributed by atoms with E-state index in [2.05, 4.69) is 15.3 Å². The maximum atomic E-state index is 14.0. The van der Waals surface area contributed by atoms with E-state index in [1.807, 2.05) is 13.0 Å². The third kappa shape index (κ3) is 3.82. The van der Waals surface area contributed by atoms with Crippen LogP contribution in [0.4, 0.5) is 16.0 Å². The zero-order chi connectivity index (χ0) is 17.1. The minimum atomic E-state index is -0.469. The molecule has 1 fully saturated rings. The highest BCUT2D eigenvalue weighted by atomic mass is 35.5. The van der Waals surface area contributed by atoms with E-state index in [-0.39, 0.29) is 22.7 Å². The van der Waals surface area contributed by atoms with E-state index in [9.17, 15) is 9.18 Å². The van der Waals surface area contributed by atoms with Gasteiger partial charge >= 0.3 is 0 Å². The van der Waals surface area contributed by atoms with Crippen molar-refractivity contribution in [1.82, 2.24) is 9.97 Å². The summed E-state index contributed by atoms with van der Waals surface area (Å²) in [5.74, 6) is -0.0446. The molecule has 7 heteroatoms. The number of hydrogen-bond donors (Lipinski definition) is 1. The monoisotopic (exact) mass is 348 g/mol. The largest absolute Gasteiger partial charge is 0.353 e. The molecule has 1 unspecified atom stereocenters. The zero-order valence-electron chi connectivity index (χ0n) is 13.3. The smallest absolute Gasteiger partial charge is 0.230 e. The van der Waals surface area contributed by atoms with Crippen LogP contribution in [0.3, 0.4) is 0 Å². The lowest BCUT2D eigenvalue weighted by atomic mass is 9.97. The molecule has 1 amide bonds. The van der Waals surface area contributed by atoms with Crippen molar-refractivity contribution in [3.8, 4) is 0 Å². The SMILES string of the molecule is Cc1ccc(NC(=O)C2CCCN(c3ncc(Cl)cc3F)C2)nc1. The molecule has 1 atom stereocenters. The highest BCUT2D eigenvalue weighted by Gasteiger charge is 2.28. The number of nitrogens with one attached hydrogen (secondary N) is 1. The lowest BCUT2D eigenvalue weighted by Crippen LogP contribution is -2.41. The van der Waals surface area contributed by atoms with E-state index >= 15 is 0 Å². The summed E-state index contributed by atoms with van der Waals surface area (Å²) < 4.78 is 14.0. The number of halogens is 2. The van der Waals surface area contributed by atoms with Crippen LogP contribution in [0.2, 0.25) is 5.02 Å². The zero-order valence-corrected chi connectivity index (χ0v) is 14.1. The van der Waals surface area contributed by atoms with E-state index in [1.165, 1.54) is 12.3 Å². The Kier molecular flexibility index (Phi) is 4.94. The second kappa shape index (κ2) is 7.13. The fraction of sp³-hybridized carbons (Fsp3) is 0.353. The number of pyridine rings is 2. The molecule has 0 bridgehead atoms. The Hall–Kier alpha value is -2.21. The molecule has 3 rings (SSSR count). The molecule has 126 valence electrons. The molecule has 1 N–H and O–H groups in total. The molecule has 0 radical (unpaired) electrons. The van der Waals surface area contributed by atoms with Crippen molar-refractivity contribution < 1.29 is 9.18 Å². The van der Waals surface area contributed by atoms with Gasteiger partial charge in [-0.25, -0.2) is 14.4 Å². The van der Waals surface area contributed by atoms with Crippen molar-refractivity contribution in [2.75, 3.05) is 23.3 Å². The lowest BCUT2D eigenvalue weighted by Gasteiger charge is -2.32. The number of carbonyl (C=O) groups is 1. The summed E-state index contributed by atoms with van der Waals surface area (Å²) in [5, 5.41) is 3.08. The fourth-order valence-electron chi connectivity index (χ4n) is 2.79. The molecule has 1 aliphatic heterocycles. The van der Waals surface area contributed by atoms with Gasteiger partial charge in [0.1, 0.15) is 5.82 Å². The summed E-state index contributed by atoms with van der Waals surface area (Å²) in [6.45, 7) is 3.02. The average molecular weight is 349 g/mol. The van der Waals surface area contributed by atoms with E-state index in [0.717, 1.165) is 18.4 Å². The molecule has 2 aromatic rings. The first-order valence-corrected chi connectivity index (χ1v) is 8.20. The highest BCUT2D eigenvalue weighted by molar-refractivity contribution is 6.30. The molecular formula is C17H18ClFN4O. The van der Waals surface area contributed by atoms with Crippen LogP contribution < -0.4 is 10.2 Å². The average Bonchev–Trinajstić information content (AvgIpc) is 2.57. The number of piperidine rings is 1. The van der Waals surface area contributed by atoms with Gasteiger partial charge in [-0.3, -0.25) is 4.79 Å². The van der Waals surface area contributed by atoms with Gasteiger partial charge in [0.25, 0.3) is 0 Å². The Morgan fingerprint density at radius 1 is 1.38 bits per heavy atom. The Labute approximate surface area is 144 Å². The van der Waals surface area contributed by atoms with Crippen molar-refractivity contribution in [2.45, 2.75) is 19.8 Å². The maximum absolute atomic E-state index is 14.0. The van der Waals surface area contributed by atoms with Crippen LogP contribution in [0.25, 0.3) is 0 Å². The van der Waals surface area contributed by atoms with Crippen molar-refractivity contribution in [3.05, 3.63) is 47.0 Å². The van der Waals surface area contributed by atoms with Crippen LogP contribution in [0, 0.1) is 18.7 Å². The van der Waals surface area contributed by atoms with Gasteiger partial charge < -0.3 is 10.2 Å². The van der Waals surface area contributed by atoms with Gasteiger partial charge in [-0.05, 0) is 37.5 Å². The summed E-state index contributed by atoms with van der Waals surface area (Å²) in [6.07, 6.45) is 4.67. The highest BCUT2D eigenvalue weighted by Crippen LogP contribution is 2.26. The number of aromatic nitrogens is 2. The predicted octanol–water partition coefficient (Wildman–Crippen LogP) is 3.43. The van der Waals surface area contributed by atoms with E-state index in [0.29, 0.717) is 18.9 Å². The summed E-state index contributed by atoms with van der Waals surface area (Å²) in [4.78, 5) is 22.5. The van der Waals surface area contributed by atoms with Gasteiger partial charge in [-0.1, -0.05) is 17.7 Å². The van der Waals surface area contributed by atoms with Gasteiger partial charge in [0, 0.05) is 25.5 Å². The van der Waals surface area contributed by atoms with Gasteiger partial charge in [0.15, 0.2) is 11.6 Å². The molecule has 1 aliphatic rings. The maximum Gasteiger partial charge on any atom is 0.230 e. The second-order valence-corrected chi connectivity index (χ2v) is 6.39. The van der Waals surface area contributed by atoms with Crippen molar-refractivity contribution in [1.29, 1.82) is 0 Å². The minimum absolute atomic E-state index is 0.106. The molecule has 0 aliphatic carbocycles. The van der Waals surface area contributed by atoms with Crippen LogP contribution in [0.5, 0.6) is 0 Å². The molecular weight excluding hydrogens is 331 g/mol. The van der Waals surface area contributed by atoms with E-state index in [4.69, 9.17) is 11.6 Å². The summed E-state index contributed by atoms with van der Waals surface area (Å²) >= 11 is 5.74. The molecule has 0 spiro atoms. The van der Waals surface area contributed by atoms with E-state index < -0.39 is 5.82 Å². The van der Waals surface area contributed by atoms with Crippen LogP contribution >= 0.6 is 11.6 Å². The van der Waals surface area contributed by atoms with Crippen LogP contribution in [-0.2, 0) is 4.79 Å². The predicted molar refractivity (Wildman–Crippen MR) is 91.7 cm³/mol. The minimum Gasteiger partial charge on any atom is -0.353 e. The Balaban J connectivity index is 1.68. The first-order chi connectivity index (χ1) is 11.5. The van der Waals surface area contributed by atoms with Crippen molar-refractivity contribution in [2.24, 2.45) is 5.92 Å². The first-order valence-electron chi connectivity index (χ1n) is 7.82. The molecule has 24 heavy (non-hydrogen) atoms. The number of hydrogen-bond acceptors (Lipinski definition) is 4. The Bertz CT molecular complexity index is 738. The third-order valence-corrected chi connectivity index (χ3v) is 4.25. The summed E-state index contributed by atoms with van der Waals surface area (Å²) in [7, 11) is 0. The van der Waals surface area contributed by atoms with Crippen molar-refractivity contribution in [3.63, 3.8) is 0 Å². The Morgan fingerprint density at radius 3 is 2.92 bits per heavy atom.